The van der Waals surface area contributed by atoms with Crippen molar-refractivity contribution in [3.63, 3.8) is 0 Å². The van der Waals surface area contributed by atoms with Gasteiger partial charge in [-0.3, -0.25) is 4.79 Å². The summed E-state index contributed by atoms with van der Waals surface area (Å²) in [6.45, 7) is 3.01. The van der Waals surface area contributed by atoms with Gasteiger partial charge in [0.05, 0.1) is 0 Å². The number of nitrogens with one attached hydrogen (secondary N) is 1. The zero-order valence-corrected chi connectivity index (χ0v) is 5.39. The van der Waals surface area contributed by atoms with Gasteiger partial charge in [-0.1, -0.05) is 0 Å². The Labute approximate surface area is 53.4 Å². The third kappa shape index (κ3) is 3.52. The zero-order chi connectivity index (χ0) is 7.49. The molecule has 1 radical (unpaired) electrons. The molecule has 4 heteroatoms. The van der Waals surface area contributed by atoms with Gasteiger partial charge in [0.15, 0.2) is 0 Å². The van der Waals surface area contributed by atoms with E-state index in [1.54, 1.807) is 6.29 Å². The van der Waals surface area contributed by atoms with Gasteiger partial charge in [0.25, 0.3) is 0 Å². The summed E-state index contributed by atoms with van der Waals surface area (Å²) in [7, 11) is 0. The molecule has 0 fully saturated rings. The lowest BCUT2D eigenvalue weighted by atomic mass is 10.1. The molecule has 0 aromatic carbocycles. The van der Waals surface area contributed by atoms with Gasteiger partial charge < -0.3 is 11.1 Å². The van der Waals surface area contributed by atoms with Gasteiger partial charge in [-0.2, -0.15) is 0 Å². The SMILES string of the molecule is CC(C)([C]=O)NC(N)=O. The summed E-state index contributed by atoms with van der Waals surface area (Å²) < 4.78 is 0. The average molecular weight is 129 g/mol. The molecule has 0 rings (SSSR count). The number of urea groups is 1. The Balaban J connectivity index is 3.86. The summed E-state index contributed by atoms with van der Waals surface area (Å²) in [6, 6.07) is -0.719. The van der Waals surface area contributed by atoms with E-state index < -0.39 is 11.6 Å². The molecule has 0 saturated heterocycles. The van der Waals surface area contributed by atoms with Crippen LogP contribution in [0.4, 0.5) is 4.79 Å². The second kappa shape index (κ2) is 2.48. The molecule has 0 aromatic heterocycles. The monoisotopic (exact) mass is 129 g/mol. The first-order chi connectivity index (χ1) is 3.98. The Morgan fingerprint density at radius 3 is 2.22 bits per heavy atom. The second-order valence-corrected chi connectivity index (χ2v) is 2.22. The average Bonchev–Trinajstić information content (AvgIpc) is 1.63. The summed E-state index contributed by atoms with van der Waals surface area (Å²) in [5, 5.41) is 2.18. The lowest BCUT2D eigenvalue weighted by Gasteiger charge is -2.14. The van der Waals surface area contributed by atoms with Crippen LogP contribution in [0.15, 0.2) is 0 Å². The molecule has 0 aromatic rings. The van der Waals surface area contributed by atoms with Crippen LogP contribution < -0.4 is 11.1 Å². The molecule has 0 atom stereocenters. The van der Waals surface area contributed by atoms with E-state index in [0.29, 0.717) is 0 Å². The molecular formula is C5H9N2O2. The first kappa shape index (κ1) is 7.94. The number of rotatable bonds is 2. The highest BCUT2D eigenvalue weighted by Crippen LogP contribution is 1.93. The van der Waals surface area contributed by atoms with Gasteiger partial charge in [0, 0.05) is 0 Å². The summed E-state index contributed by atoms with van der Waals surface area (Å²) in [4.78, 5) is 20.1. The Morgan fingerprint density at radius 2 is 2.11 bits per heavy atom. The van der Waals surface area contributed by atoms with Crippen molar-refractivity contribution in [1.82, 2.24) is 5.32 Å². The fourth-order valence-electron chi connectivity index (χ4n) is 0.334. The second-order valence-electron chi connectivity index (χ2n) is 2.22. The van der Waals surface area contributed by atoms with Crippen LogP contribution in [-0.4, -0.2) is 17.9 Å². The molecule has 0 aliphatic rings. The van der Waals surface area contributed by atoms with E-state index >= 15 is 0 Å². The van der Waals surface area contributed by atoms with E-state index in [2.05, 4.69) is 5.32 Å². The summed E-state index contributed by atoms with van der Waals surface area (Å²) >= 11 is 0. The van der Waals surface area contributed by atoms with E-state index in [1.807, 2.05) is 0 Å². The third-order valence-electron chi connectivity index (χ3n) is 0.691. The van der Waals surface area contributed by atoms with Crippen molar-refractivity contribution in [2.45, 2.75) is 19.4 Å². The van der Waals surface area contributed by atoms with Crippen LogP contribution >= 0.6 is 0 Å². The fourth-order valence-corrected chi connectivity index (χ4v) is 0.334. The van der Waals surface area contributed by atoms with Crippen molar-refractivity contribution < 1.29 is 9.59 Å². The topological polar surface area (TPSA) is 72.2 Å². The Hall–Kier alpha value is -1.06. The minimum absolute atomic E-state index is 0.719. The lowest BCUT2D eigenvalue weighted by Crippen LogP contribution is -2.47. The molecule has 0 saturated carbocycles. The molecule has 0 bridgehead atoms. The zero-order valence-electron chi connectivity index (χ0n) is 5.39. The normalized spacial score (nSPS) is 10.4. The van der Waals surface area contributed by atoms with Gasteiger partial charge in [-0.15, -0.1) is 0 Å². The molecule has 3 N–H and O–H groups in total. The summed E-state index contributed by atoms with van der Waals surface area (Å²) in [6.07, 6.45) is 1.61. The highest BCUT2D eigenvalue weighted by molar-refractivity contribution is 5.78. The van der Waals surface area contributed by atoms with Gasteiger partial charge in [-0.05, 0) is 13.8 Å². The Morgan fingerprint density at radius 1 is 1.67 bits per heavy atom. The fraction of sp³-hybridized carbons (Fsp3) is 0.600. The number of carbonyl (C=O) groups is 1. The predicted molar refractivity (Wildman–Crippen MR) is 32.5 cm³/mol. The van der Waals surface area contributed by atoms with Gasteiger partial charge >= 0.3 is 6.03 Å². The van der Waals surface area contributed by atoms with Crippen molar-refractivity contribution in [2.24, 2.45) is 5.73 Å². The van der Waals surface area contributed by atoms with Gasteiger partial charge in [0.2, 0.25) is 6.29 Å². The van der Waals surface area contributed by atoms with E-state index in [-0.39, 0.29) is 0 Å². The maximum atomic E-state index is 10.1. The molecule has 4 nitrogen and oxygen atoms in total. The molecule has 9 heavy (non-hydrogen) atoms. The molecule has 2 amide bonds. The van der Waals surface area contributed by atoms with Crippen LogP contribution in [0.5, 0.6) is 0 Å². The minimum Gasteiger partial charge on any atom is -0.352 e. The van der Waals surface area contributed by atoms with Crippen molar-refractivity contribution in [3.8, 4) is 0 Å². The van der Waals surface area contributed by atoms with Crippen LogP contribution in [0.2, 0.25) is 0 Å². The van der Waals surface area contributed by atoms with E-state index in [4.69, 9.17) is 5.73 Å². The smallest absolute Gasteiger partial charge is 0.312 e. The Kier molecular flexibility index (Phi) is 2.19. The molecule has 0 spiro atoms. The first-order valence-electron chi connectivity index (χ1n) is 2.45. The Bertz CT molecular complexity index is 131. The van der Waals surface area contributed by atoms with Crippen molar-refractivity contribution in [2.75, 3.05) is 0 Å². The van der Waals surface area contributed by atoms with Gasteiger partial charge in [0.1, 0.15) is 5.54 Å². The van der Waals surface area contributed by atoms with Crippen LogP contribution in [0, 0.1) is 0 Å². The first-order valence-corrected chi connectivity index (χ1v) is 2.45. The maximum absolute atomic E-state index is 10.1. The van der Waals surface area contributed by atoms with E-state index in [1.165, 1.54) is 13.8 Å². The number of hydrogen-bond donors (Lipinski definition) is 2. The van der Waals surface area contributed by atoms with Crippen molar-refractivity contribution >= 4 is 12.3 Å². The highest BCUT2D eigenvalue weighted by Gasteiger charge is 2.17. The number of amides is 2. The predicted octanol–water partition coefficient (Wildman–Crippen LogP) is -0.457. The number of hydrogen-bond acceptors (Lipinski definition) is 2. The number of nitrogens with two attached hydrogens (primary N) is 1. The van der Waals surface area contributed by atoms with Gasteiger partial charge in [-0.25, -0.2) is 4.79 Å². The molecule has 0 unspecified atom stereocenters. The lowest BCUT2D eigenvalue weighted by molar-refractivity contribution is 0.243. The molecule has 51 valence electrons. The third-order valence-corrected chi connectivity index (χ3v) is 0.691. The van der Waals surface area contributed by atoms with E-state index in [9.17, 15) is 9.59 Å². The number of carbonyl (C=O) groups excluding carboxylic acids is 2. The molecule has 0 heterocycles. The quantitative estimate of drug-likeness (QED) is 0.529. The summed E-state index contributed by atoms with van der Waals surface area (Å²) in [5.74, 6) is 0. The van der Waals surface area contributed by atoms with Crippen molar-refractivity contribution in [3.05, 3.63) is 0 Å². The molecule has 0 aliphatic carbocycles. The maximum Gasteiger partial charge on any atom is 0.312 e. The largest absolute Gasteiger partial charge is 0.352 e. The summed E-state index contributed by atoms with van der Waals surface area (Å²) in [5.41, 5.74) is 3.76. The van der Waals surface area contributed by atoms with Crippen LogP contribution in [0.1, 0.15) is 13.8 Å². The number of primary amides is 1. The molecular weight excluding hydrogens is 120 g/mol. The van der Waals surface area contributed by atoms with Crippen LogP contribution in [0.25, 0.3) is 0 Å². The standard InChI is InChI=1S/C5H9N2O2/c1-5(2,3-8)7-4(6)9/h1-2H3,(H3,6,7,9). The van der Waals surface area contributed by atoms with Crippen LogP contribution in [-0.2, 0) is 4.79 Å². The minimum atomic E-state index is -0.966. The molecule has 0 aliphatic heterocycles. The van der Waals surface area contributed by atoms with Crippen molar-refractivity contribution in [1.29, 1.82) is 0 Å². The van der Waals surface area contributed by atoms with E-state index in [0.717, 1.165) is 0 Å². The van der Waals surface area contributed by atoms with Crippen LogP contribution in [0.3, 0.4) is 0 Å². The highest BCUT2D eigenvalue weighted by atomic mass is 16.2.